The van der Waals surface area contributed by atoms with E-state index in [1.165, 1.54) is 23.0 Å². The van der Waals surface area contributed by atoms with E-state index in [0.717, 1.165) is 0 Å². The smallest absolute Gasteiger partial charge is 0.261 e. The van der Waals surface area contributed by atoms with Crippen molar-refractivity contribution in [2.24, 2.45) is 0 Å². The van der Waals surface area contributed by atoms with Gasteiger partial charge in [0.05, 0.1) is 27.4 Å². The molecular weight excluding hydrogens is 426 g/mol. The molecule has 0 unspecified atom stereocenters. The van der Waals surface area contributed by atoms with E-state index in [2.05, 4.69) is 4.98 Å². The van der Waals surface area contributed by atoms with Crippen molar-refractivity contribution in [1.82, 2.24) is 14.5 Å². The van der Waals surface area contributed by atoms with Gasteiger partial charge in [-0.1, -0.05) is 23.7 Å². The number of nitrogens with zero attached hydrogens (tertiary/aromatic N) is 3. The van der Waals surface area contributed by atoms with Crippen molar-refractivity contribution < 1.29 is 13.2 Å². The minimum absolute atomic E-state index is 0.105. The average molecular weight is 446 g/mol. The van der Waals surface area contributed by atoms with Crippen LogP contribution in [0.1, 0.15) is 12.8 Å². The molecule has 0 radical (unpaired) electrons. The van der Waals surface area contributed by atoms with Crippen LogP contribution in [0.2, 0.25) is 5.02 Å². The summed E-state index contributed by atoms with van der Waals surface area (Å²) in [5.74, 6) is -0.177. The summed E-state index contributed by atoms with van der Waals surface area (Å²) in [7, 11) is -3.54. The number of hydrogen-bond donors (Lipinski definition) is 0. The van der Waals surface area contributed by atoms with Crippen molar-refractivity contribution >= 4 is 38.2 Å². The Labute approximate surface area is 178 Å². The predicted octanol–water partition coefficient (Wildman–Crippen LogP) is 2.51. The molecule has 9 heteroatoms. The quantitative estimate of drug-likeness (QED) is 0.602. The van der Waals surface area contributed by atoms with E-state index in [1.54, 1.807) is 35.2 Å². The highest BCUT2D eigenvalue weighted by molar-refractivity contribution is 7.92. The SMILES string of the molecule is O=C(CCn1cnc2ccccc2c1=O)N1CC[C@@H](S(=O)(=O)c2ccc(Cl)cc2)C1. The molecule has 4 rings (SSSR count). The lowest BCUT2D eigenvalue weighted by Crippen LogP contribution is -2.33. The van der Waals surface area contributed by atoms with Crippen LogP contribution in [-0.4, -0.2) is 47.1 Å². The standard InChI is InChI=1S/C21H20ClN3O4S/c22-15-5-7-16(8-6-15)30(28,29)17-9-11-24(13-17)20(26)10-12-25-14-23-19-4-2-1-3-18(19)21(25)27/h1-8,14,17H,9-13H2/t17-/m1/s1. The lowest BCUT2D eigenvalue weighted by atomic mass is 10.2. The first-order valence-electron chi connectivity index (χ1n) is 9.58. The molecule has 0 spiro atoms. The lowest BCUT2D eigenvalue weighted by Gasteiger charge is -2.17. The maximum absolute atomic E-state index is 12.8. The molecule has 2 heterocycles. The van der Waals surface area contributed by atoms with Gasteiger partial charge >= 0.3 is 0 Å². The monoisotopic (exact) mass is 445 g/mol. The third kappa shape index (κ3) is 3.97. The summed E-state index contributed by atoms with van der Waals surface area (Å²) in [5.41, 5.74) is 0.415. The van der Waals surface area contributed by atoms with E-state index in [1.807, 2.05) is 6.07 Å². The van der Waals surface area contributed by atoms with Gasteiger partial charge < -0.3 is 4.90 Å². The van der Waals surface area contributed by atoms with E-state index in [4.69, 9.17) is 11.6 Å². The Morgan fingerprint density at radius 2 is 1.87 bits per heavy atom. The van der Waals surface area contributed by atoms with E-state index < -0.39 is 15.1 Å². The van der Waals surface area contributed by atoms with Crippen molar-refractivity contribution in [3.8, 4) is 0 Å². The summed E-state index contributed by atoms with van der Waals surface area (Å²) in [4.78, 5) is 31.2. The first-order chi connectivity index (χ1) is 14.4. The minimum atomic E-state index is -3.54. The van der Waals surface area contributed by atoms with Gasteiger partial charge in [-0.05, 0) is 42.8 Å². The van der Waals surface area contributed by atoms with Crippen molar-refractivity contribution in [3.63, 3.8) is 0 Å². The number of carbonyl (C=O) groups excluding carboxylic acids is 1. The largest absolute Gasteiger partial charge is 0.341 e. The van der Waals surface area contributed by atoms with Crippen molar-refractivity contribution in [2.45, 2.75) is 29.5 Å². The number of rotatable bonds is 5. The Hall–Kier alpha value is -2.71. The number of aryl methyl sites for hydroxylation is 1. The number of para-hydroxylation sites is 1. The number of amides is 1. The fourth-order valence-corrected chi connectivity index (χ4v) is 5.48. The van der Waals surface area contributed by atoms with Crippen LogP contribution in [0.4, 0.5) is 0 Å². The molecule has 0 N–H and O–H groups in total. The Morgan fingerprint density at radius 1 is 1.13 bits per heavy atom. The molecule has 1 saturated heterocycles. The van der Waals surface area contributed by atoms with Gasteiger partial charge in [0.15, 0.2) is 9.84 Å². The van der Waals surface area contributed by atoms with Gasteiger partial charge in [-0.25, -0.2) is 13.4 Å². The van der Waals surface area contributed by atoms with Crippen LogP contribution >= 0.6 is 11.6 Å². The molecule has 1 fully saturated rings. The molecule has 1 atom stereocenters. The maximum atomic E-state index is 12.8. The number of sulfone groups is 1. The summed E-state index contributed by atoms with van der Waals surface area (Å²) in [6.07, 6.45) is 1.93. The number of fused-ring (bicyclic) bond motifs is 1. The zero-order valence-electron chi connectivity index (χ0n) is 16.1. The molecule has 1 aliphatic rings. The van der Waals surface area contributed by atoms with Gasteiger partial charge in [0.1, 0.15) is 0 Å². The molecule has 3 aromatic rings. The average Bonchev–Trinajstić information content (AvgIpc) is 3.25. The summed E-state index contributed by atoms with van der Waals surface area (Å²) in [6.45, 7) is 0.719. The van der Waals surface area contributed by atoms with Crippen LogP contribution < -0.4 is 5.56 Å². The minimum Gasteiger partial charge on any atom is -0.341 e. The number of halogens is 1. The third-order valence-corrected chi connectivity index (χ3v) is 7.82. The molecule has 0 aliphatic carbocycles. The second-order valence-electron chi connectivity index (χ2n) is 7.26. The van der Waals surface area contributed by atoms with Gasteiger partial charge in [0.25, 0.3) is 5.56 Å². The lowest BCUT2D eigenvalue weighted by molar-refractivity contribution is -0.130. The second kappa shape index (κ2) is 8.20. The Morgan fingerprint density at radius 3 is 2.63 bits per heavy atom. The van der Waals surface area contributed by atoms with E-state index >= 15 is 0 Å². The molecule has 30 heavy (non-hydrogen) atoms. The van der Waals surface area contributed by atoms with Gasteiger partial charge in [-0.2, -0.15) is 0 Å². The Kier molecular flexibility index (Phi) is 5.62. The molecule has 2 aromatic carbocycles. The van der Waals surface area contributed by atoms with Crippen LogP contribution in [-0.2, 0) is 21.2 Å². The fourth-order valence-electron chi connectivity index (χ4n) is 3.66. The molecule has 7 nitrogen and oxygen atoms in total. The van der Waals surface area contributed by atoms with E-state index in [-0.39, 0.29) is 35.9 Å². The topological polar surface area (TPSA) is 89.3 Å². The molecule has 1 aliphatic heterocycles. The molecule has 156 valence electrons. The van der Waals surface area contributed by atoms with Gasteiger partial charge in [-0.15, -0.1) is 0 Å². The third-order valence-electron chi connectivity index (χ3n) is 5.38. The van der Waals surface area contributed by atoms with Gasteiger partial charge in [0.2, 0.25) is 5.91 Å². The second-order valence-corrected chi connectivity index (χ2v) is 9.92. The van der Waals surface area contributed by atoms with Gasteiger partial charge in [0, 0.05) is 31.1 Å². The molecule has 0 saturated carbocycles. The van der Waals surface area contributed by atoms with Crippen molar-refractivity contribution in [3.05, 3.63) is 70.2 Å². The number of aromatic nitrogens is 2. The van der Waals surface area contributed by atoms with E-state index in [9.17, 15) is 18.0 Å². The van der Waals surface area contributed by atoms with Crippen LogP contribution in [0.3, 0.4) is 0 Å². The van der Waals surface area contributed by atoms with Crippen LogP contribution in [0.25, 0.3) is 10.9 Å². The first kappa shape index (κ1) is 20.6. The number of hydrogen-bond acceptors (Lipinski definition) is 5. The zero-order valence-corrected chi connectivity index (χ0v) is 17.6. The van der Waals surface area contributed by atoms with Crippen LogP contribution in [0.5, 0.6) is 0 Å². The predicted molar refractivity (Wildman–Crippen MR) is 114 cm³/mol. The summed E-state index contributed by atoms with van der Waals surface area (Å²) in [6, 6.07) is 13.1. The van der Waals surface area contributed by atoms with Crippen LogP contribution in [0, 0.1) is 0 Å². The van der Waals surface area contributed by atoms with Crippen LogP contribution in [0.15, 0.2) is 64.5 Å². The Bertz CT molecular complexity index is 1260. The highest BCUT2D eigenvalue weighted by atomic mass is 35.5. The Balaban J connectivity index is 1.41. The normalized spacial score (nSPS) is 16.8. The number of carbonyl (C=O) groups is 1. The zero-order chi connectivity index (χ0) is 21.3. The molecule has 1 amide bonds. The molecule has 1 aromatic heterocycles. The summed E-state index contributed by atoms with van der Waals surface area (Å²) < 4.78 is 27.1. The number of likely N-dealkylation sites (tertiary alicyclic amines) is 1. The highest BCUT2D eigenvalue weighted by Crippen LogP contribution is 2.25. The van der Waals surface area contributed by atoms with Gasteiger partial charge in [-0.3, -0.25) is 14.2 Å². The fraction of sp³-hybridized carbons (Fsp3) is 0.286. The summed E-state index contributed by atoms with van der Waals surface area (Å²) >= 11 is 5.84. The molecular formula is C21H20ClN3O4S. The highest BCUT2D eigenvalue weighted by Gasteiger charge is 2.35. The summed E-state index contributed by atoms with van der Waals surface area (Å²) in [5, 5.41) is 0.325. The first-order valence-corrected chi connectivity index (χ1v) is 11.5. The van der Waals surface area contributed by atoms with Crippen molar-refractivity contribution in [2.75, 3.05) is 13.1 Å². The van der Waals surface area contributed by atoms with Crippen molar-refractivity contribution in [1.29, 1.82) is 0 Å². The van der Waals surface area contributed by atoms with E-state index in [0.29, 0.717) is 28.9 Å². The number of benzene rings is 2. The molecule has 0 bridgehead atoms. The maximum Gasteiger partial charge on any atom is 0.261 e.